The van der Waals surface area contributed by atoms with Crippen LogP contribution in [0, 0.1) is 0 Å². The largest absolute Gasteiger partial charge is 0.456 e. The van der Waals surface area contributed by atoms with Gasteiger partial charge in [-0.1, -0.05) is 97.1 Å². The van der Waals surface area contributed by atoms with Crippen LogP contribution in [0.5, 0.6) is 0 Å². The summed E-state index contributed by atoms with van der Waals surface area (Å²) in [6, 6.07) is 45.7. The Hall–Kier alpha value is -5.76. The lowest BCUT2D eigenvalue weighted by Crippen LogP contribution is -2.00. The van der Waals surface area contributed by atoms with Gasteiger partial charge in [-0.25, -0.2) is 19.9 Å². The van der Waals surface area contributed by atoms with Gasteiger partial charge in [0.25, 0.3) is 0 Å². The quantitative estimate of drug-likeness (QED) is 0.192. The van der Waals surface area contributed by atoms with Crippen LogP contribution in [-0.4, -0.2) is 19.9 Å². The lowest BCUT2D eigenvalue weighted by atomic mass is 10.0. The first kappa shape index (κ1) is 26.5. The highest BCUT2D eigenvalue weighted by Crippen LogP contribution is 2.43. The summed E-state index contributed by atoms with van der Waals surface area (Å²) in [6.45, 7) is 0. The van der Waals surface area contributed by atoms with Crippen molar-refractivity contribution in [1.82, 2.24) is 19.9 Å². The number of nitrogens with zero attached hydrogens (tertiary/aromatic N) is 4. The van der Waals surface area contributed by atoms with Crippen molar-refractivity contribution in [2.75, 3.05) is 0 Å². The van der Waals surface area contributed by atoms with Gasteiger partial charge < -0.3 is 4.42 Å². The number of furan rings is 1. The first-order valence-corrected chi connectivity index (χ1v) is 16.9. The van der Waals surface area contributed by atoms with Gasteiger partial charge in [-0.2, -0.15) is 0 Å². The number of hydrogen-bond donors (Lipinski definition) is 0. The van der Waals surface area contributed by atoms with E-state index in [0.29, 0.717) is 17.5 Å². The average molecular weight is 639 g/mol. The van der Waals surface area contributed by atoms with Gasteiger partial charge in [-0.15, -0.1) is 22.7 Å². The third-order valence-electron chi connectivity index (χ3n) is 8.57. The van der Waals surface area contributed by atoms with Crippen LogP contribution < -0.4 is 0 Å². The molecule has 0 atom stereocenters. The summed E-state index contributed by atoms with van der Waals surface area (Å²) in [7, 11) is 0. The molecular weight excluding hydrogens is 617 g/mol. The van der Waals surface area contributed by atoms with Gasteiger partial charge in [0.2, 0.25) is 0 Å². The Morgan fingerprint density at radius 2 is 1.15 bits per heavy atom. The van der Waals surface area contributed by atoms with Crippen molar-refractivity contribution < 1.29 is 4.42 Å². The highest BCUT2D eigenvalue weighted by molar-refractivity contribution is 7.26. The predicted octanol–water partition coefficient (Wildman–Crippen LogP) is 11.4. The Balaban J connectivity index is 1.19. The number of thiophene rings is 1. The molecule has 6 aromatic carbocycles. The molecular formula is C40H22N4OS2. The Labute approximate surface area is 276 Å². The highest BCUT2D eigenvalue weighted by atomic mass is 32.1. The molecule has 0 aliphatic rings. The van der Waals surface area contributed by atoms with E-state index in [-0.39, 0.29) is 0 Å². The zero-order valence-corrected chi connectivity index (χ0v) is 26.3. The number of aromatic nitrogens is 4. The van der Waals surface area contributed by atoms with E-state index in [2.05, 4.69) is 72.8 Å². The maximum absolute atomic E-state index is 6.23. The fourth-order valence-corrected chi connectivity index (χ4v) is 8.56. The van der Waals surface area contributed by atoms with Crippen LogP contribution in [0.3, 0.4) is 0 Å². The normalized spacial score (nSPS) is 11.8. The SMILES string of the molecule is c1ccc(-c2nc(-c3ccc4c(c3)oc3ccccc34)nc(-c3cccc4sc5cc6sc(-c7ccccc7)nc6cc5c34)n2)cc1. The van der Waals surface area contributed by atoms with Crippen LogP contribution in [0.1, 0.15) is 0 Å². The lowest BCUT2D eigenvalue weighted by Gasteiger charge is -2.09. The minimum atomic E-state index is 0.599. The van der Waals surface area contributed by atoms with E-state index in [0.717, 1.165) is 65.5 Å². The smallest absolute Gasteiger partial charge is 0.164 e. The van der Waals surface area contributed by atoms with Gasteiger partial charge >= 0.3 is 0 Å². The Bertz CT molecular complexity index is 2800. The fraction of sp³-hybridized carbons (Fsp3) is 0. The molecule has 4 heterocycles. The second kappa shape index (κ2) is 10.4. The van der Waals surface area contributed by atoms with Crippen LogP contribution in [0.15, 0.2) is 138 Å². The number of hydrogen-bond acceptors (Lipinski definition) is 7. The summed E-state index contributed by atoms with van der Waals surface area (Å²) in [4.78, 5) is 20.3. The molecule has 0 saturated heterocycles. The van der Waals surface area contributed by atoms with Crippen molar-refractivity contribution in [1.29, 1.82) is 0 Å². The summed E-state index contributed by atoms with van der Waals surface area (Å²) >= 11 is 3.52. The van der Waals surface area contributed by atoms with Crippen LogP contribution >= 0.6 is 22.7 Å². The topological polar surface area (TPSA) is 64.7 Å². The monoisotopic (exact) mass is 638 g/mol. The molecule has 0 saturated carbocycles. The summed E-state index contributed by atoms with van der Waals surface area (Å²) in [5.74, 6) is 1.86. The van der Waals surface area contributed by atoms with Gasteiger partial charge in [-0.3, -0.25) is 0 Å². The van der Waals surface area contributed by atoms with Crippen molar-refractivity contribution in [2.45, 2.75) is 0 Å². The first-order valence-electron chi connectivity index (χ1n) is 15.3. The molecule has 10 aromatic rings. The third kappa shape index (κ3) is 4.35. The van der Waals surface area contributed by atoms with Crippen molar-refractivity contribution in [2.24, 2.45) is 0 Å². The summed E-state index contributed by atoms with van der Waals surface area (Å²) in [5.41, 5.74) is 6.57. The van der Waals surface area contributed by atoms with Crippen LogP contribution in [0.2, 0.25) is 0 Å². The number of thiazole rings is 1. The molecule has 0 spiro atoms. The van der Waals surface area contributed by atoms with E-state index in [1.165, 1.54) is 14.1 Å². The molecule has 47 heavy (non-hydrogen) atoms. The van der Waals surface area contributed by atoms with Crippen molar-refractivity contribution in [3.63, 3.8) is 0 Å². The zero-order valence-electron chi connectivity index (χ0n) is 24.7. The minimum absolute atomic E-state index is 0.599. The number of rotatable bonds is 4. The average Bonchev–Trinajstić information content (AvgIpc) is 3.83. The summed E-state index contributed by atoms with van der Waals surface area (Å²) in [5, 5.41) is 5.48. The molecule has 10 rings (SSSR count). The fourth-order valence-electron chi connectivity index (χ4n) is 6.34. The molecule has 220 valence electrons. The van der Waals surface area contributed by atoms with Crippen LogP contribution in [0.25, 0.3) is 97.1 Å². The molecule has 0 amide bonds. The standard InChI is InChI=1S/C40H22N4OS2/c1-3-10-23(11-4-1)37-42-38(25-18-19-27-26-14-7-8-16-31(26)45-32(27)20-25)44-39(43-37)28-15-9-17-33-36(28)29-21-30-35(22-34(29)46-33)47-40(41-30)24-12-5-2-6-13-24/h1-22H. The zero-order chi connectivity index (χ0) is 30.9. The molecule has 0 bridgehead atoms. The summed E-state index contributed by atoms with van der Waals surface area (Å²) < 4.78 is 9.81. The van der Waals surface area contributed by atoms with E-state index in [1.807, 2.05) is 60.7 Å². The van der Waals surface area contributed by atoms with E-state index in [4.69, 9.17) is 24.4 Å². The molecule has 0 fully saturated rings. The minimum Gasteiger partial charge on any atom is -0.456 e. The van der Waals surface area contributed by atoms with E-state index >= 15 is 0 Å². The second-order valence-electron chi connectivity index (χ2n) is 11.5. The van der Waals surface area contributed by atoms with Crippen LogP contribution in [0.4, 0.5) is 0 Å². The predicted molar refractivity (Wildman–Crippen MR) is 195 cm³/mol. The van der Waals surface area contributed by atoms with Gasteiger partial charge in [0.15, 0.2) is 17.5 Å². The third-order valence-corrected chi connectivity index (χ3v) is 10.8. The Morgan fingerprint density at radius 1 is 0.426 bits per heavy atom. The highest BCUT2D eigenvalue weighted by Gasteiger charge is 2.19. The van der Waals surface area contributed by atoms with E-state index < -0.39 is 0 Å². The first-order chi connectivity index (χ1) is 23.2. The van der Waals surface area contributed by atoms with E-state index in [1.54, 1.807) is 22.7 Å². The second-order valence-corrected chi connectivity index (χ2v) is 13.6. The summed E-state index contributed by atoms with van der Waals surface area (Å²) in [6.07, 6.45) is 0. The molecule has 0 unspecified atom stereocenters. The molecule has 0 N–H and O–H groups in total. The molecule has 4 aromatic heterocycles. The lowest BCUT2D eigenvalue weighted by molar-refractivity contribution is 0.669. The van der Waals surface area contributed by atoms with E-state index in [9.17, 15) is 0 Å². The van der Waals surface area contributed by atoms with Crippen molar-refractivity contribution in [3.05, 3.63) is 133 Å². The molecule has 0 radical (unpaired) electrons. The molecule has 0 aliphatic heterocycles. The number of fused-ring (bicyclic) bond motifs is 7. The molecule has 0 aliphatic carbocycles. The Morgan fingerprint density at radius 3 is 2.00 bits per heavy atom. The maximum Gasteiger partial charge on any atom is 0.164 e. The van der Waals surface area contributed by atoms with Gasteiger partial charge in [0, 0.05) is 53.2 Å². The maximum atomic E-state index is 6.23. The Kier molecular flexibility index (Phi) is 5.85. The molecule has 5 nitrogen and oxygen atoms in total. The van der Waals surface area contributed by atoms with Gasteiger partial charge in [0.1, 0.15) is 16.2 Å². The van der Waals surface area contributed by atoms with Crippen LogP contribution in [-0.2, 0) is 0 Å². The van der Waals surface area contributed by atoms with Crippen molar-refractivity contribution in [3.8, 4) is 44.7 Å². The van der Waals surface area contributed by atoms with Crippen molar-refractivity contribution >= 4 is 75.0 Å². The molecule has 7 heteroatoms. The van der Waals surface area contributed by atoms with Gasteiger partial charge in [-0.05, 0) is 36.4 Å². The number of para-hydroxylation sites is 1. The van der Waals surface area contributed by atoms with Gasteiger partial charge in [0.05, 0.1) is 10.2 Å². The number of benzene rings is 6.